The van der Waals surface area contributed by atoms with Crippen LogP contribution < -0.4 is 31.4 Å². The lowest BCUT2D eigenvalue weighted by Crippen LogP contribution is -2.34. The molecule has 1 amide bonds. The van der Waals surface area contributed by atoms with Gasteiger partial charge < -0.3 is 40.5 Å². The van der Waals surface area contributed by atoms with E-state index in [9.17, 15) is 9.59 Å². The Morgan fingerprint density at radius 1 is 0.962 bits per heavy atom. The summed E-state index contributed by atoms with van der Waals surface area (Å²) in [4.78, 5) is 37.6. The molecule has 0 radical (unpaired) electrons. The number of carbonyl (C=O) groups excluding carboxylic acids is 1. The number of hydrogen-bond acceptors (Lipinski definition) is 10. The van der Waals surface area contributed by atoms with E-state index in [-0.39, 0.29) is 17.4 Å². The van der Waals surface area contributed by atoms with E-state index < -0.39 is 0 Å². The molecule has 0 spiro atoms. The van der Waals surface area contributed by atoms with Gasteiger partial charge in [-0.3, -0.25) is 14.6 Å². The lowest BCUT2D eigenvalue weighted by Gasteiger charge is -2.13. The number of H-pyrrole nitrogens is 2. The maximum atomic E-state index is 12.3. The van der Waals surface area contributed by atoms with Crippen LogP contribution in [0.3, 0.4) is 0 Å². The van der Waals surface area contributed by atoms with Crippen LogP contribution in [0.1, 0.15) is 36.8 Å². The molecule has 53 heavy (non-hydrogen) atoms. The summed E-state index contributed by atoms with van der Waals surface area (Å²) < 4.78 is 19.0. The average molecular weight is 742 g/mol. The van der Waals surface area contributed by atoms with Crippen molar-refractivity contribution >= 4 is 57.3 Å². The number of aryl methyl sites for hydroxylation is 1. The zero-order valence-electron chi connectivity index (χ0n) is 30.2. The molecule has 0 saturated heterocycles. The largest absolute Gasteiger partial charge is 0.378 e. The molecular formula is C39H49N8O5S+. The molecule has 0 aliphatic carbocycles. The highest BCUT2D eigenvalue weighted by Gasteiger charge is 2.22. The number of thioether (sulfide) groups is 1. The van der Waals surface area contributed by atoms with E-state index in [0.717, 1.165) is 31.4 Å². The quantitative estimate of drug-likeness (QED) is 0.0541. The van der Waals surface area contributed by atoms with Gasteiger partial charge in [-0.2, -0.15) is 9.55 Å². The third-order valence-electron chi connectivity index (χ3n) is 9.01. The first kappa shape index (κ1) is 38.0. The first-order chi connectivity index (χ1) is 26.0. The zero-order valence-corrected chi connectivity index (χ0v) is 31.0. The molecule has 0 bridgehead atoms. The molecule has 13 nitrogen and oxygen atoms in total. The van der Waals surface area contributed by atoms with Crippen LogP contribution in [0.5, 0.6) is 0 Å². The highest BCUT2D eigenvalue weighted by Crippen LogP contribution is 2.45. The fourth-order valence-electron chi connectivity index (χ4n) is 6.27. The Morgan fingerprint density at radius 2 is 1.72 bits per heavy atom. The molecule has 2 aromatic carbocycles. The van der Waals surface area contributed by atoms with Crippen molar-refractivity contribution in [2.75, 3.05) is 70.4 Å². The second-order valence-electron chi connectivity index (χ2n) is 12.8. The van der Waals surface area contributed by atoms with E-state index in [0.29, 0.717) is 76.7 Å². The van der Waals surface area contributed by atoms with Gasteiger partial charge in [0.25, 0.3) is 5.56 Å². The summed E-state index contributed by atoms with van der Waals surface area (Å²) >= 11 is 1.81. The maximum absolute atomic E-state index is 12.3. The standard InChI is InChI=1S/C39H48N8O5S/c1-46-32-11-6-7-12-33(32)53-35(46)25-28-14-18-47(31-10-5-4-9-30(28)31)17-8-2-3-13-34(48)42-16-20-51-22-24-52-23-21-50-19-15-41-26-29-27-43-37-36(29)38(49)45-39(40)44-37/h4-7,9-12,14,18,25,27,41H,2-3,8,13,15-17,19-24,26H2,1H3,(H4-,40,42,43,44,45,48,49)/p+1. The van der Waals surface area contributed by atoms with Crippen molar-refractivity contribution in [1.29, 1.82) is 0 Å². The Bertz CT molecular complexity index is 2070. The number of para-hydroxylation sites is 2. The van der Waals surface area contributed by atoms with E-state index in [1.807, 2.05) is 11.8 Å². The number of benzene rings is 2. The number of unbranched alkanes of at least 4 members (excludes halogenated alkanes) is 2. The fourth-order valence-corrected chi connectivity index (χ4v) is 7.38. The fraction of sp³-hybridized carbons (Fsp3) is 0.385. The van der Waals surface area contributed by atoms with Gasteiger partial charge in [-0.25, -0.2) is 0 Å². The molecule has 0 unspecified atom stereocenters. The molecule has 1 aliphatic heterocycles. The van der Waals surface area contributed by atoms with Crippen LogP contribution in [-0.4, -0.2) is 80.6 Å². The summed E-state index contributed by atoms with van der Waals surface area (Å²) in [6.45, 7) is 5.34. The Kier molecular flexibility index (Phi) is 13.9. The van der Waals surface area contributed by atoms with Crippen molar-refractivity contribution in [2.24, 2.45) is 0 Å². The minimum atomic E-state index is -0.260. The zero-order chi connectivity index (χ0) is 36.8. The monoisotopic (exact) mass is 741 g/mol. The summed E-state index contributed by atoms with van der Waals surface area (Å²) in [5.41, 5.74) is 10.3. The van der Waals surface area contributed by atoms with Crippen LogP contribution in [-0.2, 0) is 32.1 Å². The topological polar surface area (TPSA) is 164 Å². The second kappa shape index (κ2) is 19.4. The molecule has 5 aromatic rings. The second-order valence-corrected chi connectivity index (χ2v) is 13.8. The summed E-state index contributed by atoms with van der Waals surface area (Å²) in [6, 6.07) is 19.3. The predicted molar refractivity (Wildman–Crippen MR) is 210 cm³/mol. The number of fused-ring (bicyclic) bond motifs is 3. The van der Waals surface area contributed by atoms with Crippen molar-refractivity contribution < 1.29 is 23.6 Å². The van der Waals surface area contributed by atoms with E-state index >= 15 is 0 Å². The van der Waals surface area contributed by atoms with Crippen molar-refractivity contribution in [3.8, 4) is 0 Å². The number of nitrogens with two attached hydrogens (primary N) is 1. The third kappa shape index (κ3) is 10.5. The minimum absolute atomic E-state index is 0.0567. The van der Waals surface area contributed by atoms with Crippen LogP contribution in [0.25, 0.3) is 28.0 Å². The molecule has 6 N–H and O–H groups in total. The average Bonchev–Trinajstić information content (AvgIpc) is 3.72. The van der Waals surface area contributed by atoms with Crippen molar-refractivity contribution in [2.45, 2.75) is 43.7 Å². The number of pyridine rings is 1. The summed E-state index contributed by atoms with van der Waals surface area (Å²) in [7, 11) is 2.13. The third-order valence-corrected chi connectivity index (χ3v) is 10.2. The number of hydrogen-bond donors (Lipinski definition) is 5. The van der Waals surface area contributed by atoms with Gasteiger partial charge >= 0.3 is 0 Å². The first-order valence-electron chi connectivity index (χ1n) is 18.2. The Balaban J connectivity index is 0.764. The number of rotatable bonds is 21. The van der Waals surface area contributed by atoms with Gasteiger partial charge in [-0.05, 0) is 48.2 Å². The number of nitrogen functional groups attached to an aromatic ring is 1. The Labute approximate surface area is 313 Å². The van der Waals surface area contributed by atoms with Crippen LogP contribution in [0.4, 0.5) is 11.6 Å². The van der Waals surface area contributed by atoms with Crippen molar-refractivity contribution in [3.05, 3.63) is 93.5 Å². The molecule has 3 aromatic heterocycles. The van der Waals surface area contributed by atoms with Gasteiger partial charge in [0.2, 0.25) is 17.4 Å². The number of aromatic nitrogens is 4. The number of amides is 1. The highest BCUT2D eigenvalue weighted by molar-refractivity contribution is 8.03. The maximum Gasteiger partial charge on any atom is 0.262 e. The molecule has 0 fully saturated rings. The molecule has 14 heteroatoms. The van der Waals surface area contributed by atoms with Crippen LogP contribution in [0, 0.1) is 0 Å². The van der Waals surface area contributed by atoms with Gasteiger partial charge in [-0.1, -0.05) is 36.0 Å². The number of anilines is 2. The number of nitrogens with zero attached hydrogens (tertiary/aromatic N) is 3. The number of ether oxygens (including phenoxy) is 3. The van der Waals surface area contributed by atoms with Crippen molar-refractivity contribution in [1.82, 2.24) is 25.6 Å². The molecule has 6 rings (SSSR count). The molecule has 1 aliphatic rings. The number of nitrogens with one attached hydrogen (secondary N) is 4. The lowest BCUT2D eigenvalue weighted by atomic mass is 10.1. The predicted octanol–water partition coefficient (Wildman–Crippen LogP) is 4.33. The molecule has 0 saturated carbocycles. The van der Waals surface area contributed by atoms with Crippen LogP contribution in [0.15, 0.2) is 81.7 Å². The van der Waals surface area contributed by atoms with Gasteiger partial charge in [0.1, 0.15) is 12.2 Å². The van der Waals surface area contributed by atoms with Gasteiger partial charge in [0.05, 0.1) is 61.1 Å². The van der Waals surface area contributed by atoms with Crippen LogP contribution >= 0.6 is 11.8 Å². The Hall–Kier alpha value is -4.73. The first-order valence-corrected chi connectivity index (χ1v) is 19.0. The molecule has 280 valence electrons. The summed E-state index contributed by atoms with van der Waals surface area (Å²) in [6.07, 6.45) is 9.57. The van der Waals surface area contributed by atoms with Crippen molar-refractivity contribution in [3.63, 3.8) is 0 Å². The van der Waals surface area contributed by atoms with E-state index in [4.69, 9.17) is 19.9 Å². The van der Waals surface area contributed by atoms with E-state index in [2.05, 4.69) is 109 Å². The van der Waals surface area contributed by atoms with Crippen LogP contribution in [0.2, 0.25) is 0 Å². The number of aromatic amines is 2. The highest BCUT2D eigenvalue weighted by atomic mass is 32.2. The smallest absolute Gasteiger partial charge is 0.262 e. The minimum Gasteiger partial charge on any atom is -0.378 e. The normalized spacial score (nSPS) is 13.4. The SMILES string of the molecule is CN1/C(=C/c2cc[n+](CCCCCC(=O)NCCOCCOCCOCCNCc3c[nH]c4nc(N)[nH]c(=O)c34)c3ccccc23)Sc2ccccc21. The molecular weight excluding hydrogens is 693 g/mol. The Morgan fingerprint density at radius 3 is 2.55 bits per heavy atom. The summed E-state index contributed by atoms with van der Waals surface area (Å²) in [5.74, 6) is 0.143. The van der Waals surface area contributed by atoms with Gasteiger partial charge in [0.15, 0.2) is 6.20 Å². The van der Waals surface area contributed by atoms with Gasteiger partial charge in [0, 0.05) is 62.7 Å². The summed E-state index contributed by atoms with van der Waals surface area (Å²) in [5, 5.41) is 9.16. The van der Waals surface area contributed by atoms with Gasteiger partial charge in [-0.15, -0.1) is 0 Å². The number of carbonyl (C=O) groups is 1. The molecule has 0 atom stereocenters. The lowest BCUT2D eigenvalue weighted by molar-refractivity contribution is -0.671. The van der Waals surface area contributed by atoms with E-state index in [1.54, 1.807) is 6.20 Å². The van der Waals surface area contributed by atoms with E-state index in [1.165, 1.54) is 32.1 Å². The molecule has 4 heterocycles.